The van der Waals surface area contributed by atoms with Crippen molar-refractivity contribution in [3.8, 4) is 0 Å². The van der Waals surface area contributed by atoms with Crippen molar-refractivity contribution in [2.24, 2.45) is 5.92 Å². The van der Waals surface area contributed by atoms with Gasteiger partial charge in [-0.1, -0.05) is 54.7 Å². The molecular formula is C24H30Cl3N3O4S. The first kappa shape index (κ1) is 29.2. The zero-order valence-corrected chi connectivity index (χ0v) is 23.4. The van der Waals surface area contributed by atoms with E-state index in [4.69, 9.17) is 34.8 Å². The average Bonchev–Trinajstić information content (AvgIpc) is 2.75. The van der Waals surface area contributed by atoms with Gasteiger partial charge in [0.25, 0.3) is 0 Å². The summed E-state index contributed by atoms with van der Waals surface area (Å²) in [4.78, 5) is 27.7. The van der Waals surface area contributed by atoms with Crippen LogP contribution in [-0.2, 0) is 26.2 Å². The van der Waals surface area contributed by atoms with Gasteiger partial charge >= 0.3 is 0 Å². The van der Waals surface area contributed by atoms with E-state index >= 15 is 0 Å². The highest BCUT2D eigenvalue weighted by Crippen LogP contribution is 2.27. The summed E-state index contributed by atoms with van der Waals surface area (Å²) in [6, 6.07) is 8.77. The SMILES string of the molecule is Cc1cc(Cl)ccc1N(CC(=O)N(Cc1ccc(Cl)c(Cl)c1)[C@H](C)C(=O)NCC(C)C)S(C)(=O)=O. The van der Waals surface area contributed by atoms with Gasteiger partial charge in [0, 0.05) is 18.1 Å². The zero-order chi connectivity index (χ0) is 26.5. The predicted molar refractivity (Wildman–Crippen MR) is 143 cm³/mol. The molecule has 7 nitrogen and oxygen atoms in total. The molecule has 2 aromatic carbocycles. The molecule has 35 heavy (non-hydrogen) atoms. The van der Waals surface area contributed by atoms with Crippen molar-refractivity contribution in [1.82, 2.24) is 10.2 Å². The maximum absolute atomic E-state index is 13.5. The minimum Gasteiger partial charge on any atom is -0.354 e. The number of hydrogen-bond acceptors (Lipinski definition) is 4. The first-order chi connectivity index (χ1) is 16.2. The zero-order valence-electron chi connectivity index (χ0n) is 20.3. The van der Waals surface area contributed by atoms with E-state index in [0.29, 0.717) is 38.4 Å². The lowest BCUT2D eigenvalue weighted by atomic mass is 10.1. The first-order valence-electron chi connectivity index (χ1n) is 11.0. The molecule has 0 fully saturated rings. The molecule has 0 aliphatic carbocycles. The van der Waals surface area contributed by atoms with Crippen LogP contribution in [0.15, 0.2) is 36.4 Å². The largest absolute Gasteiger partial charge is 0.354 e. The maximum atomic E-state index is 13.5. The lowest BCUT2D eigenvalue weighted by molar-refractivity contribution is -0.139. The van der Waals surface area contributed by atoms with Crippen molar-refractivity contribution >= 4 is 62.3 Å². The van der Waals surface area contributed by atoms with Gasteiger partial charge in [-0.15, -0.1) is 0 Å². The Morgan fingerprint density at radius 2 is 1.66 bits per heavy atom. The van der Waals surface area contributed by atoms with E-state index in [0.717, 1.165) is 10.6 Å². The molecule has 0 aromatic heterocycles. The summed E-state index contributed by atoms with van der Waals surface area (Å²) in [6.45, 7) is 7.21. The molecule has 2 amide bonds. The molecule has 0 radical (unpaired) electrons. The van der Waals surface area contributed by atoms with Gasteiger partial charge in [-0.3, -0.25) is 13.9 Å². The Labute approximate surface area is 222 Å². The summed E-state index contributed by atoms with van der Waals surface area (Å²) in [5, 5.41) is 3.94. The van der Waals surface area contributed by atoms with Gasteiger partial charge in [0.15, 0.2) is 0 Å². The smallest absolute Gasteiger partial charge is 0.244 e. The third kappa shape index (κ3) is 8.27. The van der Waals surface area contributed by atoms with Gasteiger partial charge in [-0.05, 0) is 61.2 Å². The number of hydrogen-bond donors (Lipinski definition) is 1. The summed E-state index contributed by atoms with van der Waals surface area (Å²) in [7, 11) is -3.83. The van der Waals surface area contributed by atoms with Crippen LogP contribution >= 0.6 is 34.8 Å². The van der Waals surface area contributed by atoms with Gasteiger partial charge in [0.05, 0.1) is 22.0 Å². The number of nitrogens with zero attached hydrogens (tertiary/aromatic N) is 2. The molecular weight excluding hydrogens is 533 g/mol. The van der Waals surface area contributed by atoms with Crippen LogP contribution in [0.4, 0.5) is 5.69 Å². The Kier molecular flexibility index (Phi) is 10.3. The second-order valence-electron chi connectivity index (χ2n) is 8.79. The van der Waals surface area contributed by atoms with Crippen LogP contribution in [0.1, 0.15) is 31.9 Å². The molecule has 1 atom stereocenters. The van der Waals surface area contributed by atoms with Crippen LogP contribution in [0.3, 0.4) is 0 Å². The van der Waals surface area contributed by atoms with Gasteiger partial charge in [-0.2, -0.15) is 0 Å². The molecule has 0 unspecified atom stereocenters. The Hall–Kier alpha value is -2.00. The van der Waals surface area contributed by atoms with Gasteiger partial charge in [0.2, 0.25) is 21.8 Å². The number of nitrogens with one attached hydrogen (secondary N) is 1. The quantitative estimate of drug-likeness (QED) is 0.446. The summed E-state index contributed by atoms with van der Waals surface area (Å²) in [6.07, 6.45) is 1.02. The number of benzene rings is 2. The van der Waals surface area contributed by atoms with Crippen LogP contribution in [-0.4, -0.2) is 50.5 Å². The molecule has 0 spiro atoms. The van der Waals surface area contributed by atoms with Crippen molar-refractivity contribution in [2.45, 2.75) is 40.3 Å². The highest BCUT2D eigenvalue weighted by atomic mass is 35.5. The number of carbonyl (C=O) groups excluding carboxylic acids is 2. The maximum Gasteiger partial charge on any atom is 0.244 e. The summed E-state index contributed by atoms with van der Waals surface area (Å²) < 4.78 is 26.3. The van der Waals surface area contributed by atoms with Crippen molar-refractivity contribution < 1.29 is 18.0 Å². The molecule has 2 aromatic rings. The fourth-order valence-electron chi connectivity index (χ4n) is 3.36. The van der Waals surface area contributed by atoms with Gasteiger partial charge in [-0.25, -0.2) is 8.42 Å². The Bertz CT molecular complexity index is 1190. The molecule has 2 rings (SSSR count). The van der Waals surface area contributed by atoms with Crippen LogP contribution in [0.25, 0.3) is 0 Å². The predicted octanol–water partition coefficient (Wildman–Crippen LogP) is 4.91. The van der Waals surface area contributed by atoms with Crippen molar-refractivity contribution in [3.05, 3.63) is 62.6 Å². The standard InChI is InChI=1S/C24H30Cl3N3O4S/c1-15(2)12-28-24(32)17(4)29(13-18-6-8-20(26)21(27)11-18)23(31)14-30(35(5,33)34)22-9-7-19(25)10-16(22)3/h6-11,15,17H,12-14H2,1-5H3,(H,28,32)/t17-/m1/s1. The number of amides is 2. The molecule has 1 N–H and O–H groups in total. The van der Waals surface area contributed by atoms with Crippen molar-refractivity contribution in [2.75, 3.05) is 23.7 Å². The summed E-state index contributed by atoms with van der Waals surface area (Å²) >= 11 is 18.2. The number of rotatable bonds is 10. The Morgan fingerprint density at radius 3 is 2.20 bits per heavy atom. The normalized spacial score (nSPS) is 12.4. The minimum absolute atomic E-state index is 0.0309. The van der Waals surface area contributed by atoms with E-state index in [1.807, 2.05) is 13.8 Å². The van der Waals surface area contributed by atoms with E-state index in [-0.39, 0.29) is 18.4 Å². The van der Waals surface area contributed by atoms with Gasteiger partial charge < -0.3 is 10.2 Å². The fourth-order valence-corrected chi connectivity index (χ4v) is 4.82. The Morgan fingerprint density at radius 1 is 1.00 bits per heavy atom. The molecule has 0 saturated heterocycles. The third-order valence-electron chi connectivity index (χ3n) is 5.30. The molecule has 192 valence electrons. The van der Waals surface area contributed by atoms with E-state index in [1.165, 1.54) is 4.90 Å². The summed E-state index contributed by atoms with van der Waals surface area (Å²) in [5.41, 5.74) is 1.57. The highest BCUT2D eigenvalue weighted by Gasteiger charge is 2.30. The lowest BCUT2D eigenvalue weighted by Gasteiger charge is -2.32. The Balaban J connectivity index is 2.42. The van der Waals surface area contributed by atoms with E-state index in [2.05, 4.69) is 5.32 Å². The number of halogens is 3. The van der Waals surface area contributed by atoms with Crippen LogP contribution in [0, 0.1) is 12.8 Å². The second-order valence-corrected chi connectivity index (χ2v) is 11.9. The first-order valence-corrected chi connectivity index (χ1v) is 13.9. The lowest BCUT2D eigenvalue weighted by Crippen LogP contribution is -2.51. The third-order valence-corrected chi connectivity index (χ3v) is 7.40. The molecule has 0 aliphatic heterocycles. The second kappa shape index (κ2) is 12.3. The number of anilines is 1. The molecule has 0 saturated carbocycles. The van der Waals surface area contributed by atoms with Crippen LogP contribution < -0.4 is 9.62 Å². The van der Waals surface area contributed by atoms with E-state index in [9.17, 15) is 18.0 Å². The van der Waals surface area contributed by atoms with Crippen LogP contribution in [0.5, 0.6) is 0 Å². The monoisotopic (exact) mass is 561 g/mol. The van der Waals surface area contributed by atoms with Crippen molar-refractivity contribution in [3.63, 3.8) is 0 Å². The number of sulfonamides is 1. The highest BCUT2D eigenvalue weighted by molar-refractivity contribution is 7.92. The van der Waals surface area contributed by atoms with E-state index < -0.39 is 28.5 Å². The van der Waals surface area contributed by atoms with Crippen LogP contribution in [0.2, 0.25) is 15.1 Å². The average molecular weight is 563 g/mol. The molecule has 0 aliphatic rings. The minimum atomic E-state index is -3.83. The number of carbonyl (C=O) groups is 2. The van der Waals surface area contributed by atoms with E-state index in [1.54, 1.807) is 50.2 Å². The number of aryl methyl sites for hydroxylation is 1. The topological polar surface area (TPSA) is 86.8 Å². The molecule has 11 heteroatoms. The molecule has 0 heterocycles. The van der Waals surface area contributed by atoms with Gasteiger partial charge in [0.1, 0.15) is 12.6 Å². The summed E-state index contributed by atoms with van der Waals surface area (Å²) in [5.74, 6) is -0.678. The fraction of sp³-hybridized carbons (Fsp3) is 0.417. The molecule has 0 bridgehead atoms. The van der Waals surface area contributed by atoms with Crippen molar-refractivity contribution in [1.29, 1.82) is 0 Å².